The number of hydrogen-bond acceptors (Lipinski definition) is 2. The molecule has 0 atom stereocenters. The van der Waals surface area contributed by atoms with Crippen LogP contribution in [-0.4, -0.2) is 7.11 Å². The van der Waals surface area contributed by atoms with Crippen LogP contribution >= 0.6 is 11.8 Å². The highest BCUT2D eigenvalue weighted by molar-refractivity contribution is 7.99. The number of methoxy groups -OCH3 is 1. The Morgan fingerprint density at radius 2 is 1.65 bits per heavy atom. The SMILES string of the molecule is COc1ccc(Sc2ccc(C)cc2)c(C)c1. The van der Waals surface area contributed by atoms with E-state index in [0.717, 1.165) is 5.75 Å². The molecule has 2 heteroatoms. The van der Waals surface area contributed by atoms with Gasteiger partial charge in [-0.2, -0.15) is 0 Å². The largest absolute Gasteiger partial charge is 0.497 e. The van der Waals surface area contributed by atoms with Gasteiger partial charge in [-0.3, -0.25) is 0 Å². The Labute approximate surface area is 107 Å². The van der Waals surface area contributed by atoms with Crippen LogP contribution in [0.4, 0.5) is 0 Å². The third-order valence-corrected chi connectivity index (χ3v) is 3.82. The molecule has 2 rings (SSSR count). The normalized spacial score (nSPS) is 10.3. The van der Waals surface area contributed by atoms with E-state index >= 15 is 0 Å². The first kappa shape index (κ1) is 12.1. The van der Waals surface area contributed by atoms with Crippen molar-refractivity contribution in [3.05, 3.63) is 53.6 Å². The number of ether oxygens (including phenoxy) is 1. The van der Waals surface area contributed by atoms with Gasteiger partial charge in [-0.05, 0) is 49.7 Å². The van der Waals surface area contributed by atoms with Crippen molar-refractivity contribution in [1.82, 2.24) is 0 Å². The van der Waals surface area contributed by atoms with Crippen molar-refractivity contribution in [2.45, 2.75) is 23.6 Å². The van der Waals surface area contributed by atoms with Crippen molar-refractivity contribution in [2.75, 3.05) is 7.11 Å². The summed E-state index contributed by atoms with van der Waals surface area (Å²) in [6.45, 7) is 4.21. The molecule has 0 N–H and O–H groups in total. The van der Waals surface area contributed by atoms with Crippen LogP contribution in [0.1, 0.15) is 11.1 Å². The first-order valence-corrected chi connectivity index (χ1v) is 6.40. The predicted octanol–water partition coefficient (Wildman–Crippen LogP) is 4.46. The molecule has 0 aliphatic rings. The van der Waals surface area contributed by atoms with Gasteiger partial charge < -0.3 is 4.74 Å². The number of benzene rings is 2. The fourth-order valence-corrected chi connectivity index (χ4v) is 2.48. The second kappa shape index (κ2) is 5.28. The summed E-state index contributed by atoms with van der Waals surface area (Å²) in [4.78, 5) is 2.54. The fourth-order valence-electron chi connectivity index (χ4n) is 1.60. The van der Waals surface area contributed by atoms with Gasteiger partial charge >= 0.3 is 0 Å². The van der Waals surface area contributed by atoms with E-state index in [-0.39, 0.29) is 0 Å². The molecule has 0 aromatic heterocycles. The summed E-state index contributed by atoms with van der Waals surface area (Å²) in [5.74, 6) is 0.913. The highest BCUT2D eigenvalue weighted by atomic mass is 32.2. The highest BCUT2D eigenvalue weighted by Crippen LogP contribution is 2.32. The Morgan fingerprint density at radius 3 is 2.24 bits per heavy atom. The third-order valence-electron chi connectivity index (χ3n) is 2.63. The van der Waals surface area contributed by atoms with Gasteiger partial charge in [0.1, 0.15) is 5.75 Å². The molecule has 88 valence electrons. The molecule has 0 bridgehead atoms. The maximum atomic E-state index is 5.21. The first-order valence-electron chi connectivity index (χ1n) is 5.58. The van der Waals surface area contributed by atoms with Crippen LogP contribution in [0.5, 0.6) is 5.75 Å². The number of rotatable bonds is 3. The molecular formula is C15H16OS. The van der Waals surface area contributed by atoms with Crippen molar-refractivity contribution in [3.8, 4) is 5.75 Å². The standard InChI is InChI=1S/C15H16OS/c1-11-4-7-14(8-5-11)17-15-9-6-13(16-3)10-12(15)2/h4-10H,1-3H3. The van der Waals surface area contributed by atoms with Crippen LogP contribution in [-0.2, 0) is 0 Å². The molecule has 17 heavy (non-hydrogen) atoms. The second-order valence-electron chi connectivity index (χ2n) is 4.05. The van der Waals surface area contributed by atoms with Crippen LogP contribution < -0.4 is 4.74 Å². The van der Waals surface area contributed by atoms with E-state index in [9.17, 15) is 0 Å². The third kappa shape index (κ3) is 3.04. The summed E-state index contributed by atoms with van der Waals surface area (Å²) in [6, 6.07) is 14.8. The van der Waals surface area contributed by atoms with Gasteiger partial charge in [0.2, 0.25) is 0 Å². The lowest BCUT2D eigenvalue weighted by Gasteiger charge is -2.07. The highest BCUT2D eigenvalue weighted by Gasteiger charge is 2.02. The molecule has 0 fully saturated rings. The Bertz CT molecular complexity index is 503. The summed E-state index contributed by atoms with van der Waals surface area (Å²) in [6.07, 6.45) is 0. The lowest BCUT2D eigenvalue weighted by Crippen LogP contribution is -1.85. The van der Waals surface area contributed by atoms with E-state index in [2.05, 4.69) is 50.2 Å². The predicted molar refractivity (Wildman–Crippen MR) is 73.0 cm³/mol. The van der Waals surface area contributed by atoms with E-state index in [1.807, 2.05) is 6.07 Å². The Hall–Kier alpha value is -1.41. The van der Waals surface area contributed by atoms with Crippen molar-refractivity contribution in [3.63, 3.8) is 0 Å². The van der Waals surface area contributed by atoms with Crippen LogP contribution in [0.25, 0.3) is 0 Å². The molecule has 0 aliphatic heterocycles. The van der Waals surface area contributed by atoms with E-state index < -0.39 is 0 Å². The summed E-state index contributed by atoms with van der Waals surface area (Å²) < 4.78 is 5.21. The number of hydrogen-bond donors (Lipinski definition) is 0. The van der Waals surface area contributed by atoms with Crippen molar-refractivity contribution >= 4 is 11.8 Å². The minimum atomic E-state index is 0.913. The van der Waals surface area contributed by atoms with Gasteiger partial charge in [0, 0.05) is 9.79 Å². The summed E-state index contributed by atoms with van der Waals surface area (Å²) in [5, 5.41) is 0. The zero-order valence-corrected chi connectivity index (χ0v) is 11.2. The quantitative estimate of drug-likeness (QED) is 0.788. The molecule has 0 aliphatic carbocycles. The van der Waals surface area contributed by atoms with Crippen LogP contribution in [0.15, 0.2) is 52.3 Å². The smallest absolute Gasteiger partial charge is 0.119 e. The van der Waals surface area contributed by atoms with Gasteiger partial charge in [0.25, 0.3) is 0 Å². The summed E-state index contributed by atoms with van der Waals surface area (Å²) in [5.41, 5.74) is 2.54. The topological polar surface area (TPSA) is 9.23 Å². The molecule has 0 saturated carbocycles. The molecule has 0 amide bonds. The first-order chi connectivity index (χ1) is 8.19. The van der Waals surface area contributed by atoms with Crippen molar-refractivity contribution in [1.29, 1.82) is 0 Å². The molecule has 0 spiro atoms. The molecule has 0 unspecified atom stereocenters. The molecular weight excluding hydrogens is 228 g/mol. The lowest BCUT2D eigenvalue weighted by molar-refractivity contribution is 0.414. The van der Waals surface area contributed by atoms with E-state index in [1.165, 1.54) is 20.9 Å². The molecule has 1 nitrogen and oxygen atoms in total. The van der Waals surface area contributed by atoms with E-state index in [4.69, 9.17) is 4.74 Å². The maximum Gasteiger partial charge on any atom is 0.119 e. The molecule has 0 heterocycles. The van der Waals surface area contributed by atoms with Gasteiger partial charge in [-0.25, -0.2) is 0 Å². The molecule has 2 aromatic rings. The van der Waals surface area contributed by atoms with E-state index in [0.29, 0.717) is 0 Å². The minimum Gasteiger partial charge on any atom is -0.497 e. The molecule has 2 aromatic carbocycles. The lowest BCUT2D eigenvalue weighted by atomic mass is 10.2. The van der Waals surface area contributed by atoms with Gasteiger partial charge in [0.15, 0.2) is 0 Å². The summed E-state index contributed by atoms with van der Waals surface area (Å²) >= 11 is 1.79. The van der Waals surface area contributed by atoms with Crippen molar-refractivity contribution < 1.29 is 4.74 Å². The Morgan fingerprint density at radius 1 is 0.941 bits per heavy atom. The average molecular weight is 244 g/mol. The molecule has 0 saturated heterocycles. The van der Waals surface area contributed by atoms with Crippen LogP contribution in [0.3, 0.4) is 0 Å². The van der Waals surface area contributed by atoms with Crippen LogP contribution in [0, 0.1) is 13.8 Å². The zero-order valence-electron chi connectivity index (χ0n) is 10.4. The Balaban J connectivity index is 2.21. The Kier molecular flexibility index (Phi) is 3.75. The second-order valence-corrected chi connectivity index (χ2v) is 5.16. The maximum absolute atomic E-state index is 5.21. The monoisotopic (exact) mass is 244 g/mol. The minimum absolute atomic E-state index is 0.913. The average Bonchev–Trinajstić information content (AvgIpc) is 2.34. The zero-order chi connectivity index (χ0) is 12.3. The van der Waals surface area contributed by atoms with Gasteiger partial charge in [-0.15, -0.1) is 0 Å². The fraction of sp³-hybridized carbons (Fsp3) is 0.200. The number of aryl methyl sites for hydroxylation is 2. The molecule has 0 radical (unpaired) electrons. The summed E-state index contributed by atoms with van der Waals surface area (Å²) in [7, 11) is 1.70. The van der Waals surface area contributed by atoms with Gasteiger partial charge in [-0.1, -0.05) is 29.5 Å². The van der Waals surface area contributed by atoms with Crippen molar-refractivity contribution in [2.24, 2.45) is 0 Å². The van der Waals surface area contributed by atoms with Crippen LogP contribution in [0.2, 0.25) is 0 Å². The van der Waals surface area contributed by atoms with E-state index in [1.54, 1.807) is 18.9 Å². The van der Waals surface area contributed by atoms with Gasteiger partial charge in [0.05, 0.1) is 7.11 Å².